The zero-order valence-electron chi connectivity index (χ0n) is 11.3. The molecule has 0 aliphatic rings. The largest absolute Gasteiger partial charge is 0.466 e. The van der Waals surface area contributed by atoms with Crippen LogP contribution in [0.5, 0.6) is 0 Å². The molecule has 6 heteroatoms. The first-order valence-electron chi connectivity index (χ1n) is 6.58. The molecular weight excluding hydrogens is 321 g/mol. The van der Waals surface area contributed by atoms with Crippen molar-refractivity contribution < 1.29 is 9.53 Å². The summed E-state index contributed by atoms with van der Waals surface area (Å²) in [4.78, 5) is 11.1. The van der Waals surface area contributed by atoms with Crippen molar-refractivity contribution in [3.63, 3.8) is 0 Å². The van der Waals surface area contributed by atoms with Gasteiger partial charge in [-0.05, 0) is 31.9 Å². The highest BCUT2D eigenvalue weighted by atomic mass is 35.5. The number of esters is 1. The van der Waals surface area contributed by atoms with Crippen LogP contribution in [-0.4, -0.2) is 19.1 Å². The molecule has 0 aliphatic carbocycles. The Labute approximate surface area is 134 Å². The van der Waals surface area contributed by atoms with E-state index in [1.807, 2.05) is 6.92 Å². The first kappa shape index (κ1) is 17.4. The summed E-state index contributed by atoms with van der Waals surface area (Å²) < 4.78 is 4.86. The van der Waals surface area contributed by atoms with Crippen LogP contribution < -0.4 is 5.32 Å². The fourth-order valence-electron chi connectivity index (χ4n) is 1.69. The van der Waals surface area contributed by atoms with Crippen LogP contribution >= 0.6 is 34.8 Å². The van der Waals surface area contributed by atoms with Crippen molar-refractivity contribution in [3.8, 4) is 0 Å². The summed E-state index contributed by atoms with van der Waals surface area (Å²) >= 11 is 17.8. The number of unbranched alkanes of at least 4 members (excludes halogenated alkanes) is 2. The van der Waals surface area contributed by atoms with Crippen LogP contribution in [0.25, 0.3) is 0 Å². The monoisotopic (exact) mass is 337 g/mol. The van der Waals surface area contributed by atoms with Gasteiger partial charge in [0.2, 0.25) is 0 Å². The third kappa shape index (κ3) is 6.21. The molecule has 112 valence electrons. The molecule has 1 rings (SSSR count). The maximum atomic E-state index is 11.1. The molecule has 0 fully saturated rings. The predicted octanol–water partition coefficient (Wildman–Crippen LogP) is 5.18. The summed E-state index contributed by atoms with van der Waals surface area (Å²) in [5.41, 5.74) is 0.770. The number of halogens is 3. The molecule has 0 amide bonds. The van der Waals surface area contributed by atoms with Crippen molar-refractivity contribution >= 4 is 46.5 Å². The fourth-order valence-corrected chi connectivity index (χ4v) is 2.30. The van der Waals surface area contributed by atoms with Crippen molar-refractivity contribution in [2.45, 2.75) is 32.6 Å². The Morgan fingerprint density at radius 3 is 2.50 bits per heavy atom. The topological polar surface area (TPSA) is 38.3 Å². The molecule has 0 spiro atoms. The van der Waals surface area contributed by atoms with E-state index < -0.39 is 0 Å². The second kappa shape index (κ2) is 9.32. The van der Waals surface area contributed by atoms with Gasteiger partial charge < -0.3 is 10.1 Å². The van der Waals surface area contributed by atoms with Crippen LogP contribution in [-0.2, 0) is 9.53 Å². The first-order valence-corrected chi connectivity index (χ1v) is 7.72. The third-order valence-electron chi connectivity index (χ3n) is 2.69. The average molecular weight is 339 g/mol. The second-order valence-electron chi connectivity index (χ2n) is 4.29. The standard InChI is InChI=1S/C14H18Cl3NO2/c1-2-20-14(19)6-4-3-5-7-18-13-9-11(16)10(15)8-12(13)17/h8-9,18H,2-7H2,1H3. The molecule has 0 bridgehead atoms. The summed E-state index contributed by atoms with van der Waals surface area (Å²) in [5.74, 6) is -0.131. The Morgan fingerprint density at radius 1 is 1.10 bits per heavy atom. The van der Waals surface area contributed by atoms with Gasteiger partial charge in [0.15, 0.2) is 0 Å². The molecule has 0 saturated heterocycles. The second-order valence-corrected chi connectivity index (χ2v) is 5.51. The van der Waals surface area contributed by atoms with Crippen LogP contribution in [0.1, 0.15) is 32.6 Å². The van der Waals surface area contributed by atoms with Crippen molar-refractivity contribution in [1.29, 1.82) is 0 Å². The maximum absolute atomic E-state index is 11.1. The van der Waals surface area contributed by atoms with Crippen LogP contribution in [0.2, 0.25) is 15.1 Å². The molecule has 0 unspecified atom stereocenters. The molecule has 1 N–H and O–H groups in total. The zero-order chi connectivity index (χ0) is 15.0. The van der Waals surface area contributed by atoms with Crippen LogP contribution in [0.3, 0.4) is 0 Å². The van der Waals surface area contributed by atoms with Gasteiger partial charge in [-0.15, -0.1) is 0 Å². The van der Waals surface area contributed by atoms with E-state index in [-0.39, 0.29) is 5.97 Å². The first-order chi connectivity index (χ1) is 9.54. The van der Waals surface area contributed by atoms with Gasteiger partial charge in [-0.3, -0.25) is 4.79 Å². The summed E-state index contributed by atoms with van der Waals surface area (Å²) in [6, 6.07) is 3.33. The molecule has 0 aliphatic heterocycles. The minimum absolute atomic E-state index is 0.131. The zero-order valence-corrected chi connectivity index (χ0v) is 13.6. The van der Waals surface area contributed by atoms with E-state index in [1.54, 1.807) is 12.1 Å². The highest BCUT2D eigenvalue weighted by molar-refractivity contribution is 6.44. The Bertz CT molecular complexity index is 452. The van der Waals surface area contributed by atoms with E-state index >= 15 is 0 Å². The molecule has 20 heavy (non-hydrogen) atoms. The molecule has 1 aromatic carbocycles. The van der Waals surface area contributed by atoms with Crippen LogP contribution in [0.4, 0.5) is 5.69 Å². The number of carbonyl (C=O) groups is 1. The molecule has 0 heterocycles. The minimum atomic E-state index is -0.131. The van der Waals surface area contributed by atoms with Crippen LogP contribution in [0, 0.1) is 0 Å². The average Bonchev–Trinajstić information content (AvgIpc) is 2.39. The van der Waals surface area contributed by atoms with E-state index in [2.05, 4.69) is 5.32 Å². The lowest BCUT2D eigenvalue weighted by atomic mass is 10.2. The van der Waals surface area contributed by atoms with E-state index in [0.29, 0.717) is 28.1 Å². The summed E-state index contributed by atoms with van der Waals surface area (Å²) in [6.07, 6.45) is 3.19. The highest BCUT2D eigenvalue weighted by Crippen LogP contribution is 2.32. The Hall–Kier alpha value is -0.640. The Kier molecular flexibility index (Phi) is 8.12. The van der Waals surface area contributed by atoms with E-state index in [0.717, 1.165) is 31.5 Å². The number of hydrogen-bond donors (Lipinski definition) is 1. The quantitative estimate of drug-likeness (QED) is 0.403. The lowest BCUT2D eigenvalue weighted by Crippen LogP contribution is -2.05. The maximum Gasteiger partial charge on any atom is 0.305 e. The molecule has 1 aromatic rings. The van der Waals surface area contributed by atoms with Crippen molar-refractivity contribution in [3.05, 3.63) is 27.2 Å². The van der Waals surface area contributed by atoms with Crippen LogP contribution in [0.15, 0.2) is 12.1 Å². The number of benzene rings is 1. The minimum Gasteiger partial charge on any atom is -0.466 e. The van der Waals surface area contributed by atoms with Gasteiger partial charge >= 0.3 is 5.97 Å². The fraction of sp³-hybridized carbons (Fsp3) is 0.500. The summed E-state index contributed by atoms with van der Waals surface area (Å²) in [6.45, 7) is 3.01. The van der Waals surface area contributed by atoms with Gasteiger partial charge in [-0.1, -0.05) is 41.2 Å². The number of hydrogen-bond acceptors (Lipinski definition) is 3. The summed E-state index contributed by atoms with van der Waals surface area (Å²) in [5, 5.41) is 4.66. The number of anilines is 1. The van der Waals surface area contributed by atoms with Gasteiger partial charge in [0.25, 0.3) is 0 Å². The number of carbonyl (C=O) groups excluding carboxylic acids is 1. The smallest absolute Gasteiger partial charge is 0.305 e. The highest BCUT2D eigenvalue weighted by Gasteiger charge is 2.05. The lowest BCUT2D eigenvalue weighted by Gasteiger charge is -2.09. The molecular formula is C14H18Cl3NO2. The predicted molar refractivity (Wildman–Crippen MR) is 85.1 cm³/mol. The van der Waals surface area contributed by atoms with E-state index in [4.69, 9.17) is 39.5 Å². The number of nitrogens with one attached hydrogen (secondary N) is 1. The molecule has 0 radical (unpaired) electrons. The van der Waals surface area contributed by atoms with Gasteiger partial charge in [-0.25, -0.2) is 0 Å². The SMILES string of the molecule is CCOC(=O)CCCCCNc1cc(Cl)c(Cl)cc1Cl. The summed E-state index contributed by atoms with van der Waals surface area (Å²) in [7, 11) is 0. The molecule has 3 nitrogen and oxygen atoms in total. The van der Waals surface area contributed by atoms with Crippen molar-refractivity contribution in [2.75, 3.05) is 18.5 Å². The van der Waals surface area contributed by atoms with Crippen molar-refractivity contribution in [1.82, 2.24) is 0 Å². The Balaban J connectivity index is 2.22. The lowest BCUT2D eigenvalue weighted by molar-refractivity contribution is -0.143. The molecule has 0 aromatic heterocycles. The van der Waals surface area contributed by atoms with Gasteiger partial charge in [0, 0.05) is 13.0 Å². The van der Waals surface area contributed by atoms with Crippen molar-refractivity contribution in [2.24, 2.45) is 0 Å². The van der Waals surface area contributed by atoms with E-state index in [1.165, 1.54) is 0 Å². The van der Waals surface area contributed by atoms with Gasteiger partial charge in [0.05, 0.1) is 27.4 Å². The van der Waals surface area contributed by atoms with Gasteiger partial charge in [-0.2, -0.15) is 0 Å². The Morgan fingerprint density at radius 2 is 1.80 bits per heavy atom. The molecule has 0 saturated carbocycles. The number of rotatable bonds is 8. The molecule has 0 atom stereocenters. The van der Waals surface area contributed by atoms with E-state index in [9.17, 15) is 4.79 Å². The number of ether oxygens (including phenoxy) is 1. The third-order valence-corrected chi connectivity index (χ3v) is 3.72. The normalized spacial score (nSPS) is 10.4. The van der Waals surface area contributed by atoms with Gasteiger partial charge in [0.1, 0.15) is 0 Å².